The lowest BCUT2D eigenvalue weighted by molar-refractivity contribution is -0.384. The largest absolute Gasteiger partial charge is 0.465 e. The molecule has 19 heavy (non-hydrogen) atoms. The lowest BCUT2D eigenvalue weighted by Crippen LogP contribution is -2.40. The van der Waals surface area contributed by atoms with Gasteiger partial charge in [-0.25, -0.2) is 0 Å². The highest BCUT2D eigenvalue weighted by atomic mass is 16.7. The van der Waals surface area contributed by atoms with Gasteiger partial charge in [0.25, 0.3) is 5.69 Å². The van der Waals surface area contributed by atoms with Crippen molar-refractivity contribution in [3.63, 3.8) is 0 Å². The third-order valence-corrected chi connectivity index (χ3v) is 2.86. The van der Waals surface area contributed by atoms with E-state index in [2.05, 4.69) is 0 Å². The lowest BCUT2D eigenvalue weighted by Gasteiger charge is -2.32. The lowest BCUT2D eigenvalue weighted by atomic mass is 10.1. The molecule has 1 heterocycles. The Bertz CT molecular complexity index is 434. The summed E-state index contributed by atoms with van der Waals surface area (Å²) < 4.78 is 10.9. The van der Waals surface area contributed by atoms with E-state index in [4.69, 9.17) is 14.6 Å². The molecule has 2 rings (SSSR count). The van der Waals surface area contributed by atoms with Crippen LogP contribution >= 0.6 is 0 Å². The maximum atomic E-state index is 10.5. The van der Waals surface area contributed by atoms with E-state index in [9.17, 15) is 15.2 Å². The maximum Gasteiger partial charge on any atom is 0.269 e. The van der Waals surface area contributed by atoms with Crippen LogP contribution in [-0.4, -0.2) is 40.2 Å². The molecule has 0 saturated carbocycles. The molecule has 104 valence electrons. The Morgan fingerprint density at radius 1 is 1.37 bits per heavy atom. The number of rotatable bonds is 4. The van der Waals surface area contributed by atoms with Gasteiger partial charge in [-0.3, -0.25) is 10.1 Å². The van der Waals surface area contributed by atoms with Gasteiger partial charge in [0.05, 0.1) is 23.7 Å². The Kier molecular flexibility index (Phi) is 4.31. The van der Waals surface area contributed by atoms with Crippen molar-refractivity contribution in [3.8, 4) is 5.75 Å². The number of ether oxygens (including phenoxy) is 2. The van der Waals surface area contributed by atoms with E-state index in [1.165, 1.54) is 24.3 Å². The zero-order valence-corrected chi connectivity index (χ0v) is 10.1. The first-order valence-corrected chi connectivity index (χ1v) is 5.94. The second kappa shape index (κ2) is 5.96. The number of hydrogen-bond acceptors (Lipinski definition) is 6. The molecule has 1 saturated heterocycles. The average Bonchev–Trinajstić information content (AvgIpc) is 2.38. The van der Waals surface area contributed by atoms with Gasteiger partial charge in [0.1, 0.15) is 5.75 Å². The van der Waals surface area contributed by atoms with E-state index in [0.29, 0.717) is 18.6 Å². The third-order valence-electron chi connectivity index (χ3n) is 2.86. The molecule has 2 N–H and O–H groups in total. The van der Waals surface area contributed by atoms with Crippen molar-refractivity contribution >= 4 is 5.69 Å². The predicted octanol–water partition coefficient (Wildman–Crippen LogP) is 0.832. The number of hydrogen-bond donors (Lipinski definition) is 2. The van der Waals surface area contributed by atoms with E-state index in [1.54, 1.807) is 0 Å². The Labute approximate surface area is 109 Å². The summed E-state index contributed by atoms with van der Waals surface area (Å²) in [5.41, 5.74) is -0.0230. The second-order valence-corrected chi connectivity index (χ2v) is 4.36. The summed E-state index contributed by atoms with van der Waals surface area (Å²) in [5, 5.41) is 29.1. The Hall–Kier alpha value is -1.70. The van der Waals surface area contributed by atoms with Gasteiger partial charge in [-0.15, -0.1) is 0 Å². The van der Waals surface area contributed by atoms with Crippen LogP contribution in [0.4, 0.5) is 5.69 Å². The summed E-state index contributed by atoms with van der Waals surface area (Å²) in [4.78, 5) is 10.0. The van der Waals surface area contributed by atoms with Crippen molar-refractivity contribution in [3.05, 3.63) is 34.4 Å². The van der Waals surface area contributed by atoms with Crippen LogP contribution in [-0.2, 0) is 4.74 Å². The molecular formula is C12H15NO6. The summed E-state index contributed by atoms with van der Waals surface area (Å²) in [6, 6.07) is 5.60. The Balaban J connectivity index is 1.98. The van der Waals surface area contributed by atoms with Gasteiger partial charge in [-0.05, 0) is 12.1 Å². The van der Waals surface area contributed by atoms with Gasteiger partial charge in [-0.1, -0.05) is 0 Å². The molecule has 0 amide bonds. The number of nitro benzene ring substituents is 1. The molecule has 0 spiro atoms. The minimum atomic E-state index is -0.664. The molecule has 1 aliphatic rings. The molecule has 0 aliphatic carbocycles. The number of benzene rings is 1. The normalized spacial score (nSPS) is 26.9. The smallest absolute Gasteiger partial charge is 0.269 e. The van der Waals surface area contributed by atoms with Gasteiger partial charge in [-0.2, -0.15) is 0 Å². The highest BCUT2D eigenvalue weighted by molar-refractivity contribution is 5.36. The molecule has 1 aliphatic heterocycles. The zero-order chi connectivity index (χ0) is 13.8. The molecular weight excluding hydrogens is 254 g/mol. The fourth-order valence-electron chi connectivity index (χ4n) is 1.94. The molecule has 0 radical (unpaired) electrons. The van der Waals surface area contributed by atoms with E-state index in [-0.39, 0.29) is 12.3 Å². The van der Waals surface area contributed by atoms with E-state index in [1.807, 2.05) is 0 Å². The second-order valence-electron chi connectivity index (χ2n) is 4.36. The van der Waals surface area contributed by atoms with Gasteiger partial charge in [0, 0.05) is 25.0 Å². The molecule has 7 nitrogen and oxygen atoms in total. The number of nitro groups is 1. The fourth-order valence-corrected chi connectivity index (χ4v) is 1.94. The van der Waals surface area contributed by atoms with Crippen molar-refractivity contribution in [2.24, 2.45) is 0 Å². The molecule has 3 atom stereocenters. The molecule has 1 unspecified atom stereocenters. The predicted molar refractivity (Wildman–Crippen MR) is 64.7 cm³/mol. The van der Waals surface area contributed by atoms with Crippen LogP contribution in [0.2, 0.25) is 0 Å². The summed E-state index contributed by atoms with van der Waals surface area (Å²) >= 11 is 0. The average molecular weight is 269 g/mol. The third kappa shape index (κ3) is 3.63. The fraction of sp³-hybridized carbons (Fsp3) is 0.500. The van der Waals surface area contributed by atoms with E-state index in [0.717, 1.165) is 0 Å². The number of nitrogens with zero attached hydrogens (tertiary/aromatic N) is 1. The molecule has 1 fully saturated rings. The van der Waals surface area contributed by atoms with Crippen molar-refractivity contribution < 1.29 is 24.6 Å². The van der Waals surface area contributed by atoms with Crippen molar-refractivity contribution in [2.45, 2.75) is 31.3 Å². The maximum absolute atomic E-state index is 10.5. The van der Waals surface area contributed by atoms with Gasteiger partial charge < -0.3 is 19.7 Å². The minimum absolute atomic E-state index is 0.0230. The van der Waals surface area contributed by atoms with Gasteiger partial charge in [0.15, 0.2) is 0 Å². The van der Waals surface area contributed by atoms with Gasteiger partial charge >= 0.3 is 0 Å². The van der Waals surface area contributed by atoms with E-state index >= 15 is 0 Å². The number of aliphatic hydroxyl groups is 2. The van der Waals surface area contributed by atoms with Crippen LogP contribution in [0.3, 0.4) is 0 Å². The van der Waals surface area contributed by atoms with Crippen LogP contribution in [0.15, 0.2) is 24.3 Å². The summed E-state index contributed by atoms with van der Waals surface area (Å²) in [6.07, 6.45) is -1.03. The topological polar surface area (TPSA) is 102 Å². The minimum Gasteiger partial charge on any atom is -0.465 e. The van der Waals surface area contributed by atoms with Crippen LogP contribution < -0.4 is 4.74 Å². The number of non-ortho nitro benzene ring substituents is 1. The molecule has 0 bridgehead atoms. The first-order chi connectivity index (χ1) is 9.08. The SMILES string of the molecule is O=[N+]([O-])c1ccc(OC2C[C@@H](O)C[C@@H](CO)O2)cc1. The first-order valence-electron chi connectivity index (χ1n) is 5.94. The van der Waals surface area contributed by atoms with Crippen molar-refractivity contribution in [1.82, 2.24) is 0 Å². The van der Waals surface area contributed by atoms with Crippen molar-refractivity contribution in [1.29, 1.82) is 0 Å². The summed E-state index contributed by atoms with van der Waals surface area (Å²) in [6.45, 7) is -0.183. The highest BCUT2D eigenvalue weighted by Crippen LogP contribution is 2.24. The first kappa shape index (κ1) is 13.7. The molecule has 0 aromatic heterocycles. The van der Waals surface area contributed by atoms with Crippen molar-refractivity contribution in [2.75, 3.05) is 6.61 Å². The molecule has 7 heteroatoms. The Morgan fingerprint density at radius 3 is 2.63 bits per heavy atom. The quantitative estimate of drug-likeness (QED) is 0.620. The highest BCUT2D eigenvalue weighted by Gasteiger charge is 2.29. The zero-order valence-electron chi connectivity index (χ0n) is 10.1. The van der Waals surface area contributed by atoms with Gasteiger partial charge in [0.2, 0.25) is 6.29 Å². The molecule has 1 aromatic carbocycles. The standard InChI is InChI=1S/C12H15NO6/c14-7-11-5-9(15)6-12(19-11)18-10-3-1-8(2-4-10)13(16)17/h1-4,9,11-12,14-15H,5-7H2/t9-,11-,12?/m0/s1. The molecule has 1 aromatic rings. The van der Waals surface area contributed by atoms with Crippen LogP contribution in [0, 0.1) is 10.1 Å². The van der Waals surface area contributed by atoms with Crippen LogP contribution in [0.5, 0.6) is 5.75 Å². The van der Waals surface area contributed by atoms with Crippen LogP contribution in [0.1, 0.15) is 12.8 Å². The monoisotopic (exact) mass is 269 g/mol. The summed E-state index contributed by atoms with van der Waals surface area (Å²) in [7, 11) is 0. The van der Waals surface area contributed by atoms with Crippen LogP contribution in [0.25, 0.3) is 0 Å². The number of aliphatic hydroxyl groups excluding tert-OH is 2. The Morgan fingerprint density at radius 2 is 2.05 bits per heavy atom. The van der Waals surface area contributed by atoms with E-state index < -0.39 is 23.4 Å². The summed E-state index contributed by atoms with van der Waals surface area (Å²) in [5.74, 6) is 0.418.